The summed E-state index contributed by atoms with van der Waals surface area (Å²) in [5.41, 5.74) is -0.299. The normalized spacial score (nSPS) is 23.3. The number of carboxylic acids is 1. The number of halogens is 1. The highest BCUT2D eigenvalue weighted by atomic mass is 19.1. The number of carbonyl (C=O) groups is 1. The second-order valence-electron chi connectivity index (χ2n) is 7.23. The molecule has 0 spiro atoms. The number of aliphatic hydroxyl groups excluding tert-OH is 1. The number of aryl methyl sites for hydroxylation is 1. The summed E-state index contributed by atoms with van der Waals surface area (Å²) in [5.74, 6) is -1.49. The van der Waals surface area contributed by atoms with Crippen molar-refractivity contribution in [3.05, 3.63) is 69.9 Å². The van der Waals surface area contributed by atoms with Crippen molar-refractivity contribution in [2.75, 3.05) is 13.1 Å². The van der Waals surface area contributed by atoms with Gasteiger partial charge in [-0.1, -0.05) is 18.2 Å². The molecule has 2 aromatic rings. The van der Waals surface area contributed by atoms with E-state index in [-0.39, 0.29) is 18.5 Å². The summed E-state index contributed by atoms with van der Waals surface area (Å²) in [6, 6.07) is 9.16. The van der Waals surface area contributed by atoms with Crippen molar-refractivity contribution in [3.63, 3.8) is 0 Å². The number of hydrogen-bond donors (Lipinski definition) is 2. The largest absolute Gasteiger partial charge is 0.481 e. The van der Waals surface area contributed by atoms with Crippen LogP contribution in [0, 0.1) is 11.2 Å². The third-order valence-electron chi connectivity index (χ3n) is 5.32. The van der Waals surface area contributed by atoms with E-state index in [1.54, 1.807) is 37.5 Å². The van der Waals surface area contributed by atoms with Gasteiger partial charge in [-0.25, -0.2) is 4.39 Å². The molecule has 3 rings (SSSR count). The van der Waals surface area contributed by atoms with E-state index < -0.39 is 23.3 Å². The fourth-order valence-corrected chi connectivity index (χ4v) is 3.74. The summed E-state index contributed by atoms with van der Waals surface area (Å²) in [7, 11) is 1.67. The zero-order valence-corrected chi connectivity index (χ0v) is 15.1. The smallest absolute Gasteiger partial charge is 0.313 e. The Labute approximate surface area is 156 Å². The number of pyridine rings is 1. The predicted octanol–water partition coefficient (Wildman–Crippen LogP) is 1.40. The highest BCUT2D eigenvalue weighted by molar-refractivity contribution is 5.76. The third kappa shape index (κ3) is 3.94. The van der Waals surface area contributed by atoms with Crippen molar-refractivity contribution in [2.45, 2.75) is 25.5 Å². The number of piperidine rings is 1. The van der Waals surface area contributed by atoms with Crippen LogP contribution in [-0.4, -0.2) is 44.8 Å². The molecule has 0 saturated carbocycles. The fraction of sp³-hybridized carbons (Fsp3) is 0.400. The van der Waals surface area contributed by atoms with Crippen LogP contribution in [0.15, 0.2) is 47.4 Å². The average molecular weight is 374 g/mol. The summed E-state index contributed by atoms with van der Waals surface area (Å²) in [4.78, 5) is 26.3. The lowest BCUT2D eigenvalue weighted by Gasteiger charge is -2.43. The summed E-state index contributed by atoms with van der Waals surface area (Å²) in [5, 5.41) is 20.5. The number of aliphatic carboxylic acids is 1. The molecule has 0 amide bonds. The van der Waals surface area contributed by atoms with E-state index in [9.17, 15) is 24.2 Å². The van der Waals surface area contributed by atoms with E-state index in [0.717, 1.165) is 0 Å². The number of aromatic nitrogens is 1. The number of rotatable bonds is 5. The predicted molar refractivity (Wildman–Crippen MR) is 97.8 cm³/mol. The molecule has 2 N–H and O–H groups in total. The van der Waals surface area contributed by atoms with Crippen LogP contribution in [0.5, 0.6) is 0 Å². The maximum Gasteiger partial charge on any atom is 0.313 e. The minimum Gasteiger partial charge on any atom is -0.481 e. The Morgan fingerprint density at radius 2 is 2.00 bits per heavy atom. The quantitative estimate of drug-likeness (QED) is 0.827. The molecule has 1 aromatic carbocycles. The molecular formula is C20H23FN2O4. The molecule has 0 bridgehead atoms. The third-order valence-corrected chi connectivity index (χ3v) is 5.32. The minimum absolute atomic E-state index is 0.0904. The lowest BCUT2D eigenvalue weighted by molar-refractivity contribution is -0.163. The number of nitrogens with zero attached hydrogens (tertiary/aromatic N) is 2. The van der Waals surface area contributed by atoms with E-state index in [4.69, 9.17) is 0 Å². The van der Waals surface area contributed by atoms with E-state index in [0.29, 0.717) is 30.6 Å². The second kappa shape index (κ2) is 7.62. The summed E-state index contributed by atoms with van der Waals surface area (Å²) >= 11 is 0. The van der Waals surface area contributed by atoms with E-state index in [1.807, 2.05) is 4.90 Å². The van der Waals surface area contributed by atoms with Gasteiger partial charge in [-0.3, -0.25) is 14.5 Å². The number of likely N-dealkylation sites (tertiary alicyclic amines) is 1. The molecule has 1 aliphatic heterocycles. The highest BCUT2D eigenvalue weighted by Crippen LogP contribution is 2.35. The lowest BCUT2D eigenvalue weighted by Crippen LogP contribution is -2.57. The molecule has 0 radical (unpaired) electrons. The monoisotopic (exact) mass is 374 g/mol. The second-order valence-corrected chi connectivity index (χ2v) is 7.23. The fourth-order valence-electron chi connectivity index (χ4n) is 3.74. The molecule has 0 aliphatic carbocycles. The highest BCUT2D eigenvalue weighted by Gasteiger charge is 2.49. The van der Waals surface area contributed by atoms with Crippen LogP contribution < -0.4 is 5.56 Å². The van der Waals surface area contributed by atoms with Gasteiger partial charge in [0.25, 0.3) is 5.56 Å². The van der Waals surface area contributed by atoms with E-state index >= 15 is 0 Å². The number of hydrogen-bond acceptors (Lipinski definition) is 4. The van der Waals surface area contributed by atoms with Gasteiger partial charge in [-0.15, -0.1) is 0 Å². The van der Waals surface area contributed by atoms with Crippen molar-refractivity contribution < 1.29 is 19.4 Å². The standard InChI is InChI=1S/C20H23FN2O4/c1-22-9-2-3-15(18(22)25)12-23-10-8-17(24)20(13-23,19(26)27)11-14-4-6-16(21)7-5-14/h2-7,9,17,24H,8,10-13H2,1H3,(H,26,27)/t17-,20-/m1/s1. The zero-order valence-electron chi connectivity index (χ0n) is 15.1. The van der Waals surface area contributed by atoms with Crippen molar-refractivity contribution in [1.82, 2.24) is 9.47 Å². The first-order valence-corrected chi connectivity index (χ1v) is 8.84. The molecule has 1 fully saturated rings. The molecule has 2 heterocycles. The Bertz CT molecular complexity index is 880. The van der Waals surface area contributed by atoms with Gasteiger partial charge >= 0.3 is 5.97 Å². The van der Waals surface area contributed by atoms with Crippen LogP contribution in [0.3, 0.4) is 0 Å². The SMILES string of the molecule is Cn1cccc(CN2CC[C@@H](O)[C@](Cc3ccc(F)cc3)(C(=O)O)C2)c1=O. The van der Waals surface area contributed by atoms with E-state index in [2.05, 4.69) is 0 Å². The summed E-state index contributed by atoms with van der Waals surface area (Å²) in [6.45, 7) is 0.926. The Morgan fingerprint density at radius 1 is 1.30 bits per heavy atom. The minimum atomic E-state index is -1.41. The van der Waals surface area contributed by atoms with Gasteiger partial charge in [-0.2, -0.15) is 0 Å². The Morgan fingerprint density at radius 3 is 2.67 bits per heavy atom. The lowest BCUT2D eigenvalue weighted by atomic mass is 9.72. The first-order valence-electron chi connectivity index (χ1n) is 8.84. The first kappa shape index (κ1) is 19.3. The Hall–Kier alpha value is -2.51. The van der Waals surface area contributed by atoms with Gasteiger partial charge in [0.15, 0.2) is 0 Å². The van der Waals surface area contributed by atoms with Crippen molar-refractivity contribution in [2.24, 2.45) is 12.5 Å². The molecule has 2 atom stereocenters. The molecule has 1 aromatic heterocycles. The zero-order chi connectivity index (χ0) is 19.6. The first-order chi connectivity index (χ1) is 12.8. The van der Waals surface area contributed by atoms with Crippen LogP contribution >= 0.6 is 0 Å². The molecule has 1 saturated heterocycles. The molecule has 6 nitrogen and oxygen atoms in total. The number of benzene rings is 1. The van der Waals surface area contributed by atoms with Gasteiger partial charge in [-0.05, 0) is 36.6 Å². The van der Waals surface area contributed by atoms with Crippen LogP contribution in [-0.2, 0) is 24.8 Å². The topological polar surface area (TPSA) is 82.8 Å². The van der Waals surface area contributed by atoms with Gasteiger partial charge in [0.2, 0.25) is 0 Å². The van der Waals surface area contributed by atoms with Crippen molar-refractivity contribution in [3.8, 4) is 0 Å². The van der Waals surface area contributed by atoms with E-state index in [1.165, 1.54) is 16.7 Å². The van der Waals surface area contributed by atoms with Crippen molar-refractivity contribution >= 4 is 5.97 Å². The molecule has 0 unspecified atom stereocenters. The van der Waals surface area contributed by atoms with Crippen LogP contribution in [0.25, 0.3) is 0 Å². The summed E-state index contributed by atoms with van der Waals surface area (Å²) < 4.78 is 14.6. The number of aliphatic hydroxyl groups is 1. The Kier molecular flexibility index (Phi) is 5.43. The maximum atomic E-state index is 13.2. The van der Waals surface area contributed by atoms with Gasteiger partial charge < -0.3 is 14.8 Å². The average Bonchev–Trinajstić information content (AvgIpc) is 2.63. The molecule has 7 heteroatoms. The molecule has 144 valence electrons. The molecule has 1 aliphatic rings. The Balaban J connectivity index is 1.86. The van der Waals surface area contributed by atoms with Crippen LogP contribution in [0.1, 0.15) is 17.5 Å². The van der Waals surface area contributed by atoms with Crippen molar-refractivity contribution in [1.29, 1.82) is 0 Å². The van der Waals surface area contributed by atoms with Crippen LogP contribution in [0.4, 0.5) is 4.39 Å². The molecular weight excluding hydrogens is 351 g/mol. The van der Waals surface area contributed by atoms with Gasteiger partial charge in [0.05, 0.1) is 6.10 Å². The van der Waals surface area contributed by atoms with Crippen LogP contribution in [0.2, 0.25) is 0 Å². The van der Waals surface area contributed by atoms with Gasteiger partial charge in [0.1, 0.15) is 11.2 Å². The van der Waals surface area contributed by atoms with Gasteiger partial charge in [0, 0.05) is 38.4 Å². The number of carboxylic acid groups (broad SMARTS) is 1. The molecule has 27 heavy (non-hydrogen) atoms. The summed E-state index contributed by atoms with van der Waals surface area (Å²) in [6.07, 6.45) is 1.03. The maximum absolute atomic E-state index is 13.2.